The first-order chi connectivity index (χ1) is 9.49. The fraction of sp³-hybridized carbons (Fsp3) is 0.500. The minimum absolute atomic E-state index is 0.198. The summed E-state index contributed by atoms with van der Waals surface area (Å²) in [5.74, 6) is 0.198. The number of aliphatic hydroxyl groups is 2. The summed E-state index contributed by atoms with van der Waals surface area (Å²) in [6.07, 6.45) is -2.39. The number of hydrogen-bond donors (Lipinski definition) is 4. The van der Waals surface area contributed by atoms with Crippen molar-refractivity contribution in [3.63, 3.8) is 0 Å². The third-order valence-corrected chi connectivity index (χ3v) is 3.54. The van der Waals surface area contributed by atoms with Crippen LogP contribution in [0.15, 0.2) is 28.3 Å². The summed E-state index contributed by atoms with van der Waals surface area (Å²) in [5.41, 5.74) is -0.892. The van der Waals surface area contributed by atoms with E-state index in [4.69, 9.17) is 4.74 Å². The maximum absolute atomic E-state index is 12.0. The van der Waals surface area contributed by atoms with Gasteiger partial charge >= 0.3 is 5.69 Å². The Morgan fingerprint density at radius 2 is 2.15 bits per heavy atom. The van der Waals surface area contributed by atoms with E-state index >= 15 is 0 Å². The SMILES string of the molecule is C=CCc1cc(=O)[nH]c(=O)n1[C@@H]1O[C@H](CS)[C@@H](O)[C@H]1O. The summed E-state index contributed by atoms with van der Waals surface area (Å²) in [7, 11) is 0. The van der Waals surface area contributed by atoms with Crippen LogP contribution in [0.5, 0.6) is 0 Å². The minimum atomic E-state index is -1.28. The quantitative estimate of drug-likeness (QED) is 0.414. The molecule has 1 fully saturated rings. The van der Waals surface area contributed by atoms with Crippen molar-refractivity contribution in [2.75, 3.05) is 5.75 Å². The molecule has 1 aliphatic rings. The predicted octanol–water partition coefficient (Wildman–Crippen LogP) is -1.19. The van der Waals surface area contributed by atoms with Gasteiger partial charge in [0.25, 0.3) is 5.56 Å². The summed E-state index contributed by atoms with van der Waals surface area (Å²) >= 11 is 4.02. The monoisotopic (exact) mass is 300 g/mol. The lowest BCUT2D eigenvalue weighted by Gasteiger charge is -2.20. The molecule has 0 saturated carbocycles. The molecule has 0 amide bonds. The zero-order valence-corrected chi connectivity index (χ0v) is 11.5. The second-order valence-electron chi connectivity index (χ2n) is 4.52. The Morgan fingerprint density at radius 1 is 1.45 bits per heavy atom. The maximum atomic E-state index is 12.0. The van der Waals surface area contributed by atoms with Gasteiger partial charge in [-0.2, -0.15) is 12.6 Å². The van der Waals surface area contributed by atoms with Crippen LogP contribution in [0, 0.1) is 0 Å². The fourth-order valence-electron chi connectivity index (χ4n) is 2.23. The molecule has 1 aromatic heterocycles. The minimum Gasteiger partial charge on any atom is -0.387 e. The highest BCUT2D eigenvalue weighted by molar-refractivity contribution is 7.80. The Bertz CT molecular complexity index is 611. The number of nitrogens with one attached hydrogen (secondary N) is 1. The lowest BCUT2D eigenvalue weighted by molar-refractivity contribution is -0.0354. The molecule has 3 N–H and O–H groups in total. The van der Waals surface area contributed by atoms with Gasteiger partial charge in [0.15, 0.2) is 6.23 Å². The van der Waals surface area contributed by atoms with Gasteiger partial charge in [-0.05, 0) is 0 Å². The number of ether oxygens (including phenoxy) is 1. The number of allylic oxidation sites excluding steroid dienone is 1. The van der Waals surface area contributed by atoms with E-state index in [9.17, 15) is 19.8 Å². The Morgan fingerprint density at radius 3 is 2.70 bits per heavy atom. The van der Waals surface area contributed by atoms with Crippen LogP contribution in [0.25, 0.3) is 0 Å². The number of H-pyrrole nitrogens is 1. The van der Waals surface area contributed by atoms with E-state index in [-0.39, 0.29) is 12.2 Å². The average Bonchev–Trinajstić information content (AvgIpc) is 2.66. The van der Waals surface area contributed by atoms with Crippen LogP contribution in [0.4, 0.5) is 0 Å². The third-order valence-electron chi connectivity index (χ3n) is 3.18. The molecule has 1 aromatic rings. The van der Waals surface area contributed by atoms with Crippen molar-refractivity contribution < 1.29 is 14.9 Å². The molecular formula is C12H16N2O5S. The largest absolute Gasteiger partial charge is 0.387 e. The zero-order valence-electron chi connectivity index (χ0n) is 10.6. The summed E-state index contributed by atoms with van der Waals surface area (Å²) in [5, 5.41) is 19.8. The molecule has 0 aliphatic carbocycles. The summed E-state index contributed by atoms with van der Waals surface area (Å²) in [6, 6.07) is 1.24. The topological polar surface area (TPSA) is 105 Å². The average molecular weight is 300 g/mol. The highest BCUT2D eigenvalue weighted by atomic mass is 32.1. The first-order valence-electron chi connectivity index (χ1n) is 6.07. The molecule has 0 unspecified atom stereocenters. The van der Waals surface area contributed by atoms with Crippen LogP contribution in [0.2, 0.25) is 0 Å². The number of hydrogen-bond acceptors (Lipinski definition) is 6. The van der Waals surface area contributed by atoms with E-state index in [1.54, 1.807) is 0 Å². The van der Waals surface area contributed by atoms with E-state index in [1.165, 1.54) is 12.1 Å². The number of aromatic nitrogens is 2. The van der Waals surface area contributed by atoms with E-state index in [2.05, 4.69) is 24.2 Å². The van der Waals surface area contributed by atoms with E-state index < -0.39 is 35.8 Å². The molecule has 2 rings (SSSR count). The number of rotatable bonds is 4. The van der Waals surface area contributed by atoms with Crippen molar-refractivity contribution in [1.82, 2.24) is 9.55 Å². The molecule has 7 nitrogen and oxygen atoms in total. The van der Waals surface area contributed by atoms with Crippen LogP contribution in [0.1, 0.15) is 11.9 Å². The number of aliphatic hydroxyl groups excluding tert-OH is 2. The standard InChI is InChI=1S/C12H16N2O5S/c1-2-3-6-4-8(15)13-12(18)14(6)11-10(17)9(16)7(5-20)19-11/h2,4,7,9-11,16-17,20H,1,3,5H2,(H,13,15,18)/t7-,9-,10-,11-/m1/s1. The van der Waals surface area contributed by atoms with Crippen LogP contribution < -0.4 is 11.2 Å². The molecule has 8 heteroatoms. The van der Waals surface area contributed by atoms with Crippen LogP contribution in [-0.4, -0.2) is 43.8 Å². The Labute approximate surface area is 119 Å². The molecule has 0 aromatic carbocycles. The lowest BCUT2D eigenvalue weighted by Crippen LogP contribution is -2.39. The maximum Gasteiger partial charge on any atom is 0.330 e. The van der Waals surface area contributed by atoms with Gasteiger partial charge in [-0.1, -0.05) is 6.08 Å². The summed E-state index contributed by atoms with van der Waals surface area (Å²) in [6.45, 7) is 3.56. The van der Waals surface area contributed by atoms with Crippen molar-refractivity contribution in [3.05, 3.63) is 45.3 Å². The van der Waals surface area contributed by atoms with E-state index in [1.807, 2.05) is 0 Å². The summed E-state index contributed by atoms with van der Waals surface area (Å²) in [4.78, 5) is 25.4. The second kappa shape index (κ2) is 5.96. The highest BCUT2D eigenvalue weighted by Gasteiger charge is 2.43. The lowest BCUT2D eigenvalue weighted by atomic mass is 10.1. The third kappa shape index (κ3) is 2.59. The number of aromatic amines is 1. The molecule has 20 heavy (non-hydrogen) atoms. The first-order valence-corrected chi connectivity index (χ1v) is 6.71. The molecular weight excluding hydrogens is 284 g/mol. The fourth-order valence-corrected chi connectivity index (χ4v) is 2.53. The predicted molar refractivity (Wildman–Crippen MR) is 75.0 cm³/mol. The van der Waals surface area contributed by atoms with Gasteiger partial charge in [-0.3, -0.25) is 14.3 Å². The van der Waals surface area contributed by atoms with Crippen molar-refractivity contribution in [1.29, 1.82) is 0 Å². The van der Waals surface area contributed by atoms with Crippen LogP contribution in [-0.2, 0) is 11.2 Å². The number of thiol groups is 1. The van der Waals surface area contributed by atoms with E-state index in [0.29, 0.717) is 5.69 Å². The number of nitrogens with zero attached hydrogens (tertiary/aromatic N) is 1. The van der Waals surface area contributed by atoms with Crippen molar-refractivity contribution in [2.24, 2.45) is 0 Å². The van der Waals surface area contributed by atoms with Gasteiger partial charge in [0.1, 0.15) is 12.2 Å². The Balaban J connectivity index is 2.50. The molecule has 0 bridgehead atoms. The molecule has 1 aliphatic heterocycles. The van der Waals surface area contributed by atoms with Gasteiger partial charge in [0, 0.05) is 23.9 Å². The molecule has 4 atom stereocenters. The highest BCUT2D eigenvalue weighted by Crippen LogP contribution is 2.29. The second-order valence-corrected chi connectivity index (χ2v) is 4.89. The zero-order chi connectivity index (χ0) is 14.9. The molecule has 2 heterocycles. The van der Waals surface area contributed by atoms with Gasteiger partial charge in [-0.25, -0.2) is 4.79 Å². The normalized spacial score (nSPS) is 29.6. The molecule has 0 radical (unpaired) electrons. The van der Waals surface area contributed by atoms with Crippen LogP contribution >= 0.6 is 12.6 Å². The van der Waals surface area contributed by atoms with Crippen molar-refractivity contribution >= 4 is 12.6 Å². The van der Waals surface area contributed by atoms with Gasteiger partial charge in [-0.15, -0.1) is 6.58 Å². The smallest absolute Gasteiger partial charge is 0.330 e. The van der Waals surface area contributed by atoms with Crippen molar-refractivity contribution in [3.8, 4) is 0 Å². The van der Waals surface area contributed by atoms with Crippen molar-refractivity contribution in [2.45, 2.75) is 31.0 Å². The van der Waals surface area contributed by atoms with Gasteiger partial charge < -0.3 is 14.9 Å². The molecule has 0 spiro atoms. The Kier molecular flexibility index (Phi) is 4.48. The van der Waals surface area contributed by atoms with Gasteiger partial charge in [0.2, 0.25) is 0 Å². The van der Waals surface area contributed by atoms with Gasteiger partial charge in [0.05, 0.1) is 6.10 Å². The first kappa shape index (κ1) is 15.0. The molecule has 110 valence electrons. The Hall–Kier alpha value is -1.35. The summed E-state index contributed by atoms with van der Waals surface area (Å²) < 4.78 is 6.58. The van der Waals surface area contributed by atoms with E-state index in [0.717, 1.165) is 4.57 Å². The molecule has 1 saturated heterocycles. The van der Waals surface area contributed by atoms with Crippen LogP contribution in [0.3, 0.4) is 0 Å².